The summed E-state index contributed by atoms with van der Waals surface area (Å²) in [4.78, 5) is 17.4. The standard InChI is InChI=1S/C25H34N4O2/c1-31-23-11-7-10-22(16-23)29-15-12-20(19-29)17-26-25(30)27-18-24(28-13-5-6-14-28)21-8-3-2-4-9-21/h2-4,7-11,16,20,24H,5-6,12-15,17-19H2,1H3,(H2,26,27,30). The van der Waals surface area contributed by atoms with Crippen LogP contribution >= 0.6 is 0 Å². The monoisotopic (exact) mass is 422 g/mol. The Kier molecular flexibility index (Phi) is 7.30. The van der Waals surface area contributed by atoms with Crippen LogP contribution in [0.2, 0.25) is 0 Å². The molecule has 2 saturated heterocycles. The molecular weight excluding hydrogens is 388 g/mol. The van der Waals surface area contributed by atoms with E-state index in [9.17, 15) is 4.79 Å². The van der Waals surface area contributed by atoms with E-state index in [1.807, 2.05) is 18.2 Å². The van der Waals surface area contributed by atoms with Crippen LogP contribution in [0.15, 0.2) is 54.6 Å². The third-order valence-electron chi connectivity index (χ3n) is 6.48. The molecule has 31 heavy (non-hydrogen) atoms. The number of nitrogens with one attached hydrogen (secondary N) is 2. The molecule has 2 N–H and O–H groups in total. The molecule has 2 aliphatic heterocycles. The Morgan fingerprint density at radius 1 is 1.06 bits per heavy atom. The van der Waals surface area contributed by atoms with Gasteiger partial charge in [0.25, 0.3) is 0 Å². The number of likely N-dealkylation sites (tertiary alicyclic amines) is 1. The van der Waals surface area contributed by atoms with Crippen LogP contribution in [-0.2, 0) is 0 Å². The van der Waals surface area contributed by atoms with E-state index in [0.29, 0.717) is 19.0 Å². The molecule has 0 spiro atoms. The van der Waals surface area contributed by atoms with Gasteiger partial charge in [0, 0.05) is 37.9 Å². The predicted octanol–water partition coefficient (Wildman–Crippen LogP) is 3.66. The molecule has 2 fully saturated rings. The number of carbonyl (C=O) groups excluding carboxylic acids is 1. The van der Waals surface area contributed by atoms with Crippen molar-refractivity contribution >= 4 is 11.7 Å². The summed E-state index contributed by atoms with van der Waals surface area (Å²) >= 11 is 0. The number of anilines is 1. The van der Waals surface area contributed by atoms with Crippen molar-refractivity contribution in [2.45, 2.75) is 25.3 Å². The van der Waals surface area contributed by atoms with Gasteiger partial charge in [0.15, 0.2) is 0 Å². The van der Waals surface area contributed by atoms with Crippen molar-refractivity contribution in [2.24, 2.45) is 5.92 Å². The molecule has 2 heterocycles. The minimum absolute atomic E-state index is 0.0695. The molecule has 2 atom stereocenters. The molecule has 2 unspecified atom stereocenters. The number of hydrogen-bond acceptors (Lipinski definition) is 4. The molecular formula is C25H34N4O2. The summed E-state index contributed by atoms with van der Waals surface area (Å²) in [6.45, 7) is 5.50. The van der Waals surface area contributed by atoms with Crippen LogP contribution in [0.5, 0.6) is 5.75 Å². The summed E-state index contributed by atoms with van der Waals surface area (Å²) in [7, 11) is 1.69. The Hall–Kier alpha value is -2.73. The van der Waals surface area contributed by atoms with E-state index in [-0.39, 0.29) is 12.1 Å². The van der Waals surface area contributed by atoms with E-state index in [0.717, 1.165) is 38.3 Å². The van der Waals surface area contributed by atoms with E-state index < -0.39 is 0 Å². The first-order chi connectivity index (χ1) is 15.2. The van der Waals surface area contributed by atoms with Crippen LogP contribution in [0.4, 0.5) is 10.5 Å². The molecule has 2 aromatic rings. The number of ether oxygens (including phenoxy) is 1. The van der Waals surface area contributed by atoms with Crippen molar-refractivity contribution in [3.05, 3.63) is 60.2 Å². The van der Waals surface area contributed by atoms with Gasteiger partial charge in [0.2, 0.25) is 0 Å². The van der Waals surface area contributed by atoms with Crippen LogP contribution < -0.4 is 20.3 Å². The summed E-state index contributed by atoms with van der Waals surface area (Å²) in [5, 5.41) is 6.21. The highest BCUT2D eigenvalue weighted by atomic mass is 16.5. The lowest BCUT2D eigenvalue weighted by atomic mass is 10.1. The van der Waals surface area contributed by atoms with Crippen LogP contribution in [0.3, 0.4) is 0 Å². The Balaban J connectivity index is 1.24. The van der Waals surface area contributed by atoms with Gasteiger partial charge in [-0.1, -0.05) is 36.4 Å². The Bertz CT molecular complexity index is 838. The minimum Gasteiger partial charge on any atom is -0.497 e. The van der Waals surface area contributed by atoms with Crippen molar-refractivity contribution in [1.82, 2.24) is 15.5 Å². The maximum absolute atomic E-state index is 12.5. The quantitative estimate of drug-likeness (QED) is 0.682. The number of benzene rings is 2. The van der Waals surface area contributed by atoms with Gasteiger partial charge in [-0.25, -0.2) is 4.79 Å². The summed E-state index contributed by atoms with van der Waals surface area (Å²) in [6, 6.07) is 18.9. The normalized spacial score (nSPS) is 19.9. The fourth-order valence-electron chi connectivity index (χ4n) is 4.72. The van der Waals surface area contributed by atoms with E-state index in [2.05, 4.69) is 56.8 Å². The lowest BCUT2D eigenvalue weighted by molar-refractivity contribution is 0.220. The molecule has 4 rings (SSSR count). The lowest BCUT2D eigenvalue weighted by Gasteiger charge is -2.28. The zero-order chi connectivity index (χ0) is 21.5. The second-order valence-corrected chi connectivity index (χ2v) is 8.56. The molecule has 166 valence electrons. The summed E-state index contributed by atoms with van der Waals surface area (Å²) in [5.74, 6) is 1.34. The predicted molar refractivity (Wildman–Crippen MR) is 125 cm³/mol. The topological polar surface area (TPSA) is 56.8 Å². The molecule has 0 aromatic heterocycles. The van der Waals surface area contributed by atoms with Gasteiger partial charge in [-0.2, -0.15) is 0 Å². The van der Waals surface area contributed by atoms with Crippen LogP contribution in [0, 0.1) is 5.92 Å². The first kappa shape index (κ1) is 21.5. The Morgan fingerprint density at radius 2 is 1.87 bits per heavy atom. The van der Waals surface area contributed by atoms with Crippen molar-refractivity contribution in [2.75, 3.05) is 51.3 Å². The van der Waals surface area contributed by atoms with Gasteiger partial charge in [-0.3, -0.25) is 4.90 Å². The Morgan fingerprint density at radius 3 is 2.65 bits per heavy atom. The third kappa shape index (κ3) is 5.70. The van der Waals surface area contributed by atoms with Gasteiger partial charge in [0.1, 0.15) is 5.75 Å². The number of nitrogens with zero attached hydrogens (tertiary/aromatic N) is 2. The van der Waals surface area contributed by atoms with Crippen molar-refractivity contribution < 1.29 is 9.53 Å². The number of hydrogen-bond donors (Lipinski definition) is 2. The van der Waals surface area contributed by atoms with Crippen LogP contribution in [-0.4, -0.2) is 57.3 Å². The SMILES string of the molecule is COc1cccc(N2CCC(CNC(=O)NCC(c3ccccc3)N3CCCC3)C2)c1. The molecule has 0 aliphatic carbocycles. The zero-order valence-corrected chi connectivity index (χ0v) is 18.4. The maximum Gasteiger partial charge on any atom is 0.314 e. The summed E-state index contributed by atoms with van der Waals surface area (Å²) in [6.07, 6.45) is 3.56. The first-order valence-electron chi connectivity index (χ1n) is 11.4. The average Bonchev–Trinajstić information content (AvgIpc) is 3.51. The van der Waals surface area contributed by atoms with Gasteiger partial charge >= 0.3 is 6.03 Å². The van der Waals surface area contributed by atoms with E-state index >= 15 is 0 Å². The molecule has 6 heteroatoms. The lowest BCUT2D eigenvalue weighted by Crippen LogP contribution is -2.43. The van der Waals surface area contributed by atoms with E-state index in [4.69, 9.17) is 4.74 Å². The van der Waals surface area contributed by atoms with Crippen molar-refractivity contribution in [3.8, 4) is 5.75 Å². The van der Waals surface area contributed by atoms with Crippen LogP contribution in [0.25, 0.3) is 0 Å². The molecule has 2 aliphatic rings. The summed E-state index contributed by atoms with van der Waals surface area (Å²) < 4.78 is 5.34. The fourth-order valence-corrected chi connectivity index (χ4v) is 4.72. The largest absolute Gasteiger partial charge is 0.497 e. The average molecular weight is 423 g/mol. The number of amides is 2. The number of urea groups is 1. The molecule has 2 aromatic carbocycles. The van der Waals surface area contributed by atoms with E-state index in [1.165, 1.54) is 24.1 Å². The van der Waals surface area contributed by atoms with Gasteiger partial charge in [0.05, 0.1) is 13.2 Å². The molecule has 0 bridgehead atoms. The van der Waals surface area contributed by atoms with Crippen molar-refractivity contribution in [1.29, 1.82) is 0 Å². The number of methoxy groups -OCH3 is 1. The molecule has 2 amide bonds. The number of rotatable bonds is 8. The van der Waals surface area contributed by atoms with Crippen molar-refractivity contribution in [3.63, 3.8) is 0 Å². The Labute approximate surface area is 185 Å². The van der Waals surface area contributed by atoms with Gasteiger partial charge in [-0.15, -0.1) is 0 Å². The second-order valence-electron chi connectivity index (χ2n) is 8.56. The number of carbonyl (C=O) groups is 1. The van der Waals surface area contributed by atoms with E-state index in [1.54, 1.807) is 7.11 Å². The molecule has 0 saturated carbocycles. The fraction of sp³-hybridized carbons (Fsp3) is 0.480. The highest BCUT2D eigenvalue weighted by molar-refractivity contribution is 5.73. The van der Waals surface area contributed by atoms with Crippen LogP contribution in [0.1, 0.15) is 30.9 Å². The minimum atomic E-state index is -0.0695. The third-order valence-corrected chi connectivity index (χ3v) is 6.48. The van der Waals surface area contributed by atoms with Gasteiger partial charge < -0.3 is 20.3 Å². The van der Waals surface area contributed by atoms with Gasteiger partial charge in [-0.05, 0) is 56.0 Å². The summed E-state index contributed by atoms with van der Waals surface area (Å²) in [5.41, 5.74) is 2.46. The zero-order valence-electron chi connectivity index (χ0n) is 18.4. The molecule has 0 radical (unpaired) electrons. The second kappa shape index (κ2) is 10.5. The highest BCUT2D eigenvalue weighted by Crippen LogP contribution is 2.27. The smallest absolute Gasteiger partial charge is 0.314 e. The highest BCUT2D eigenvalue weighted by Gasteiger charge is 2.25. The molecule has 6 nitrogen and oxygen atoms in total. The maximum atomic E-state index is 12.5. The first-order valence-corrected chi connectivity index (χ1v) is 11.4.